The maximum Gasteiger partial charge on any atom is 0.254 e. The Morgan fingerprint density at radius 3 is 2.90 bits per heavy atom. The third-order valence-electron chi connectivity index (χ3n) is 3.04. The van der Waals surface area contributed by atoms with Crippen molar-refractivity contribution in [2.45, 2.75) is 24.6 Å². The second-order valence-electron chi connectivity index (χ2n) is 4.29. The van der Waals surface area contributed by atoms with Crippen LogP contribution in [0.1, 0.15) is 0 Å². The average molecular weight is 300 g/mol. The topological polar surface area (TPSA) is 126 Å². The summed E-state index contributed by atoms with van der Waals surface area (Å²) in [6.07, 6.45) is -1.80. The number of imidazole rings is 1. The number of hydrogen-bond donors (Lipinski definition) is 4. The van der Waals surface area contributed by atoms with Gasteiger partial charge in [0.05, 0.1) is 12.9 Å². The van der Waals surface area contributed by atoms with Gasteiger partial charge in [-0.15, -0.1) is 0 Å². The van der Waals surface area contributed by atoms with Crippen molar-refractivity contribution in [1.82, 2.24) is 19.7 Å². The van der Waals surface area contributed by atoms with E-state index in [0.717, 1.165) is 0 Å². The van der Waals surface area contributed by atoms with Crippen molar-refractivity contribution >= 4 is 23.4 Å². The summed E-state index contributed by atoms with van der Waals surface area (Å²) in [6.45, 7) is -0.422. The number of aliphatic hydroxyl groups is 3. The van der Waals surface area contributed by atoms with Crippen molar-refractivity contribution in [2.24, 2.45) is 0 Å². The fourth-order valence-electron chi connectivity index (χ4n) is 1.98. The molecule has 1 fully saturated rings. The molecule has 0 unspecified atom stereocenters. The molecule has 3 heterocycles. The zero-order valence-corrected chi connectivity index (χ0v) is 10.9. The van der Waals surface area contributed by atoms with Gasteiger partial charge in [-0.1, -0.05) is 12.2 Å². The lowest BCUT2D eigenvalue weighted by molar-refractivity contribution is -0.169. The number of nitrogens with zero attached hydrogens (tertiary/aromatic N) is 3. The van der Waals surface area contributed by atoms with Gasteiger partial charge in [0.1, 0.15) is 30.2 Å². The third kappa shape index (κ3) is 2.07. The molecule has 1 saturated heterocycles. The smallest absolute Gasteiger partial charge is 0.254 e. The maximum absolute atomic E-state index is 9.80. The Bertz CT molecular complexity index is 673. The molecule has 0 aromatic carbocycles. The Morgan fingerprint density at radius 2 is 2.20 bits per heavy atom. The van der Waals surface area contributed by atoms with Crippen LogP contribution in [0, 0.1) is 4.64 Å². The minimum absolute atomic E-state index is 0.308. The molecule has 4 N–H and O–H groups in total. The van der Waals surface area contributed by atoms with Gasteiger partial charge in [0.2, 0.25) is 0 Å². The van der Waals surface area contributed by atoms with Gasteiger partial charge in [0, 0.05) is 0 Å². The Morgan fingerprint density at radius 1 is 1.40 bits per heavy atom. The number of rotatable bonds is 3. The van der Waals surface area contributed by atoms with Crippen LogP contribution in [0.4, 0.5) is 0 Å². The van der Waals surface area contributed by atoms with E-state index in [1.807, 2.05) is 0 Å². The lowest BCUT2D eigenvalue weighted by Gasteiger charge is -2.16. The molecule has 1 aliphatic heterocycles. The van der Waals surface area contributed by atoms with E-state index >= 15 is 0 Å². The second-order valence-corrected chi connectivity index (χ2v) is 4.67. The summed E-state index contributed by atoms with van der Waals surface area (Å²) in [5.41, 5.74) is 0.886. The van der Waals surface area contributed by atoms with E-state index < -0.39 is 31.2 Å². The molecule has 0 spiro atoms. The van der Waals surface area contributed by atoms with Crippen molar-refractivity contribution < 1.29 is 24.9 Å². The largest absolute Gasteiger partial charge is 0.394 e. The predicted molar refractivity (Wildman–Crippen MR) is 67.1 cm³/mol. The van der Waals surface area contributed by atoms with E-state index in [2.05, 4.69) is 15.0 Å². The number of nitrogens with one attached hydrogen (secondary N) is 1. The van der Waals surface area contributed by atoms with E-state index in [0.29, 0.717) is 15.8 Å². The molecular weight excluding hydrogens is 288 g/mol. The Balaban J connectivity index is 1.87. The molecular formula is C10H12N4O5S. The molecule has 2 aromatic heterocycles. The van der Waals surface area contributed by atoms with Crippen molar-refractivity contribution in [2.75, 3.05) is 6.61 Å². The minimum atomic E-state index is -1.28. The summed E-state index contributed by atoms with van der Waals surface area (Å²) in [4.78, 5) is 16.1. The quantitative estimate of drug-likeness (QED) is 0.497. The number of H-pyrrole nitrogens is 1. The summed E-state index contributed by atoms with van der Waals surface area (Å²) in [6, 6.07) is 0. The highest BCUT2D eigenvalue weighted by Gasteiger charge is 2.44. The first-order valence-electron chi connectivity index (χ1n) is 5.82. The normalized spacial score (nSPS) is 29.9. The predicted octanol–water partition coefficient (Wildman–Crippen LogP) is -1.64. The standard InChI is InChI=1S/C10H12N4O5S/c15-1-4-6(16)7(17)10(18-4)19-14-3-13-5-8(14)11-2-12-9(5)20/h2-4,6-7,10,15-17H,1H2,(H,11,12,20)/t4-,6-,7-,10+/m1/s1. The van der Waals surface area contributed by atoms with E-state index in [-0.39, 0.29) is 0 Å². The molecule has 0 aliphatic carbocycles. The zero-order valence-electron chi connectivity index (χ0n) is 10.1. The van der Waals surface area contributed by atoms with Gasteiger partial charge in [-0.25, -0.2) is 9.97 Å². The first kappa shape index (κ1) is 13.4. The van der Waals surface area contributed by atoms with Crippen LogP contribution >= 0.6 is 12.2 Å². The van der Waals surface area contributed by atoms with Crippen LogP contribution < -0.4 is 4.84 Å². The van der Waals surface area contributed by atoms with Crippen LogP contribution in [0.25, 0.3) is 11.2 Å². The van der Waals surface area contributed by atoms with E-state index in [9.17, 15) is 10.2 Å². The molecule has 4 atom stereocenters. The maximum atomic E-state index is 9.80. The van der Waals surface area contributed by atoms with Gasteiger partial charge in [-0.3, -0.25) is 0 Å². The highest BCUT2D eigenvalue weighted by Crippen LogP contribution is 2.21. The SMILES string of the molecule is OC[C@H]1O[C@@H](On2cnc3c(=S)nc[nH]c32)[C@H](O)[C@@H]1O. The number of ether oxygens (including phenoxy) is 1. The third-order valence-corrected chi connectivity index (χ3v) is 3.34. The first-order valence-corrected chi connectivity index (χ1v) is 6.23. The molecule has 108 valence electrons. The molecule has 0 bridgehead atoms. The molecule has 0 radical (unpaired) electrons. The van der Waals surface area contributed by atoms with Crippen molar-refractivity contribution in [1.29, 1.82) is 0 Å². The van der Waals surface area contributed by atoms with Gasteiger partial charge in [0.15, 0.2) is 10.3 Å². The van der Waals surface area contributed by atoms with Gasteiger partial charge in [-0.05, 0) is 0 Å². The van der Waals surface area contributed by atoms with Gasteiger partial charge >= 0.3 is 0 Å². The molecule has 20 heavy (non-hydrogen) atoms. The number of hydrogen-bond acceptors (Lipinski definition) is 8. The molecule has 0 amide bonds. The summed E-state index contributed by atoms with van der Waals surface area (Å²) in [5.74, 6) is 0. The molecule has 3 rings (SSSR count). The number of aromatic nitrogens is 4. The monoisotopic (exact) mass is 300 g/mol. The Kier molecular flexibility index (Phi) is 3.40. The molecule has 9 nitrogen and oxygen atoms in total. The number of aliphatic hydroxyl groups excluding tert-OH is 3. The molecule has 2 aromatic rings. The lowest BCUT2D eigenvalue weighted by Crippen LogP contribution is -2.38. The van der Waals surface area contributed by atoms with Gasteiger partial charge in [0.25, 0.3) is 6.29 Å². The van der Waals surface area contributed by atoms with Crippen LogP contribution in [0.15, 0.2) is 12.7 Å². The van der Waals surface area contributed by atoms with E-state index in [4.69, 9.17) is 26.9 Å². The summed E-state index contributed by atoms with van der Waals surface area (Å²) >= 11 is 5.01. The average Bonchev–Trinajstić information content (AvgIpc) is 2.97. The Hall–Kier alpha value is -1.59. The van der Waals surface area contributed by atoms with E-state index in [1.165, 1.54) is 17.4 Å². The zero-order chi connectivity index (χ0) is 14.3. The molecule has 1 aliphatic rings. The van der Waals surface area contributed by atoms with Gasteiger partial charge < -0.3 is 29.9 Å². The molecule has 10 heteroatoms. The fourth-order valence-corrected chi connectivity index (χ4v) is 2.18. The van der Waals surface area contributed by atoms with Crippen LogP contribution in [-0.4, -0.2) is 66.2 Å². The summed E-state index contributed by atoms with van der Waals surface area (Å²) in [5, 5.41) is 28.4. The minimum Gasteiger partial charge on any atom is -0.394 e. The highest BCUT2D eigenvalue weighted by atomic mass is 32.1. The van der Waals surface area contributed by atoms with Crippen LogP contribution in [0.5, 0.6) is 0 Å². The second kappa shape index (κ2) is 5.07. The summed E-state index contributed by atoms with van der Waals surface area (Å²) < 4.78 is 6.75. The van der Waals surface area contributed by atoms with Crippen molar-refractivity contribution in [3.8, 4) is 0 Å². The number of aromatic amines is 1. The van der Waals surface area contributed by atoms with E-state index in [1.54, 1.807) is 0 Å². The highest BCUT2D eigenvalue weighted by molar-refractivity contribution is 7.71. The van der Waals surface area contributed by atoms with Crippen LogP contribution in [0.2, 0.25) is 0 Å². The van der Waals surface area contributed by atoms with Crippen LogP contribution in [-0.2, 0) is 4.74 Å². The molecule has 0 saturated carbocycles. The van der Waals surface area contributed by atoms with Crippen LogP contribution in [0.3, 0.4) is 0 Å². The van der Waals surface area contributed by atoms with Crippen molar-refractivity contribution in [3.05, 3.63) is 17.3 Å². The lowest BCUT2D eigenvalue weighted by atomic mass is 10.1. The number of fused-ring (bicyclic) bond motifs is 1. The van der Waals surface area contributed by atoms with Crippen molar-refractivity contribution in [3.63, 3.8) is 0 Å². The fraction of sp³-hybridized carbons (Fsp3) is 0.500. The Labute approximate surface area is 117 Å². The van der Waals surface area contributed by atoms with Gasteiger partial charge in [-0.2, -0.15) is 4.73 Å². The first-order chi connectivity index (χ1) is 9.61. The summed E-state index contributed by atoms with van der Waals surface area (Å²) in [7, 11) is 0.